The number of anilines is 1. The molecule has 2 aromatic heterocycles. The molecule has 5 heteroatoms. The molecule has 1 aromatic carbocycles. The van der Waals surface area contributed by atoms with Crippen LogP contribution in [-0.2, 0) is 0 Å². The average Bonchev–Trinajstić information content (AvgIpc) is 2.91. The lowest BCUT2D eigenvalue weighted by Crippen LogP contribution is -1.98. The number of nitrogens with zero attached hydrogens (tertiary/aromatic N) is 2. The second-order valence-electron chi connectivity index (χ2n) is 3.82. The molecule has 0 saturated carbocycles. The molecule has 0 spiro atoms. The molecule has 0 amide bonds. The summed E-state index contributed by atoms with van der Waals surface area (Å²) in [5.74, 6) is 1.01. The molecule has 0 fully saturated rings. The van der Waals surface area contributed by atoms with Crippen LogP contribution in [-0.4, -0.2) is 17.0 Å². The maximum Gasteiger partial charge on any atom is 0.162 e. The van der Waals surface area contributed by atoms with E-state index in [1.54, 1.807) is 24.5 Å². The van der Waals surface area contributed by atoms with E-state index in [1.807, 2.05) is 16.8 Å². The van der Waals surface area contributed by atoms with Gasteiger partial charge in [-0.3, -0.25) is 0 Å². The van der Waals surface area contributed by atoms with Crippen LogP contribution < -0.4 is 5.32 Å². The topological polar surface area (TPSA) is 37.8 Å². The molecular weight excluding hydrogens is 249 g/mol. The lowest BCUT2D eigenvalue weighted by atomic mass is 10.2. The number of thiophene rings is 1. The molecule has 0 atom stereocenters. The molecule has 0 radical (unpaired) electrons. The summed E-state index contributed by atoms with van der Waals surface area (Å²) in [4.78, 5) is 8.88. The molecule has 3 nitrogen and oxygen atoms in total. The monoisotopic (exact) mass is 259 g/mol. The number of nitrogens with one attached hydrogen (secondary N) is 1. The smallest absolute Gasteiger partial charge is 0.162 e. The molecule has 3 aromatic rings. The third-order valence-corrected chi connectivity index (χ3v) is 3.36. The Morgan fingerprint density at radius 3 is 2.83 bits per heavy atom. The number of rotatable bonds is 2. The van der Waals surface area contributed by atoms with E-state index >= 15 is 0 Å². The van der Waals surface area contributed by atoms with Crippen LogP contribution in [0.5, 0.6) is 0 Å². The SMILES string of the molecule is CNc1nc(-c2ccsc2)nc2ccc(F)cc12. The summed E-state index contributed by atoms with van der Waals surface area (Å²) in [5.41, 5.74) is 1.71. The number of benzene rings is 1. The lowest BCUT2D eigenvalue weighted by molar-refractivity contribution is 0.629. The van der Waals surface area contributed by atoms with Crippen molar-refractivity contribution in [3.8, 4) is 11.4 Å². The highest BCUT2D eigenvalue weighted by Gasteiger charge is 2.09. The first-order valence-electron chi connectivity index (χ1n) is 5.45. The summed E-state index contributed by atoms with van der Waals surface area (Å²) in [7, 11) is 1.77. The zero-order valence-corrected chi connectivity index (χ0v) is 10.5. The van der Waals surface area contributed by atoms with E-state index in [0.29, 0.717) is 17.0 Å². The minimum atomic E-state index is -0.286. The van der Waals surface area contributed by atoms with Gasteiger partial charge in [-0.25, -0.2) is 14.4 Å². The first kappa shape index (κ1) is 11.1. The van der Waals surface area contributed by atoms with E-state index in [4.69, 9.17) is 0 Å². The molecule has 1 N–H and O–H groups in total. The number of fused-ring (bicyclic) bond motifs is 1. The Morgan fingerprint density at radius 1 is 1.22 bits per heavy atom. The Hall–Kier alpha value is -2.01. The quantitative estimate of drug-likeness (QED) is 0.765. The average molecular weight is 259 g/mol. The Kier molecular flexibility index (Phi) is 2.68. The second kappa shape index (κ2) is 4.34. The minimum absolute atomic E-state index is 0.286. The van der Waals surface area contributed by atoms with Crippen molar-refractivity contribution in [1.29, 1.82) is 0 Å². The van der Waals surface area contributed by atoms with Gasteiger partial charge in [0.2, 0.25) is 0 Å². The molecule has 2 heterocycles. The molecule has 3 rings (SSSR count). The van der Waals surface area contributed by atoms with Gasteiger partial charge in [-0.15, -0.1) is 0 Å². The van der Waals surface area contributed by atoms with E-state index in [9.17, 15) is 4.39 Å². The van der Waals surface area contributed by atoms with Crippen LogP contribution in [0.25, 0.3) is 22.3 Å². The van der Waals surface area contributed by atoms with Gasteiger partial charge in [-0.2, -0.15) is 11.3 Å². The van der Waals surface area contributed by atoms with Crippen LogP contribution in [0.2, 0.25) is 0 Å². The number of halogens is 1. The van der Waals surface area contributed by atoms with E-state index in [2.05, 4.69) is 15.3 Å². The molecule has 0 unspecified atom stereocenters. The van der Waals surface area contributed by atoms with Crippen LogP contribution in [0.3, 0.4) is 0 Å². The van der Waals surface area contributed by atoms with Crippen molar-refractivity contribution in [3.63, 3.8) is 0 Å². The van der Waals surface area contributed by atoms with E-state index in [1.165, 1.54) is 12.1 Å². The zero-order chi connectivity index (χ0) is 12.5. The number of hydrogen-bond acceptors (Lipinski definition) is 4. The Morgan fingerprint density at radius 2 is 2.11 bits per heavy atom. The molecular formula is C13H10FN3S. The number of aromatic nitrogens is 2. The molecule has 90 valence electrons. The fraction of sp³-hybridized carbons (Fsp3) is 0.0769. The summed E-state index contributed by atoms with van der Waals surface area (Å²) in [6, 6.07) is 6.49. The van der Waals surface area contributed by atoms with Crippen LogP contribution in [0, 0.1) is 5.82 Å². The lowest BCUT2D eigenvalue weighted by Gasteiger charge is -2.07. The Bertz CT molecular complexity index is 695. The van der Waals surface area contributed by atoms with Crippen molar-refractivity contribution in [2.24, 2.45) is 0 Å². The first-order valence-corrected chi connectivity index (χ1v) is 6.40. The van der Waals surface area contributed by atoms with Gasteiger partial charge in [0.15, 0.2) is 5.82 Å². The second-order valence-corrected chi connectivity index (χ2v) is 4.60. The van der Waals surface area contributed by atoms with Gasteiger partial charge in [-0.1, -0.05) is 0 Å². The van der Waals surface area contributed by atoms with Crippen LogP contribution in [0.15, 0.2) is 35.0 Å². The highest BCUT2D eigenvalue weighted by molar-refractivity contribution is 7.08. The normalized spacial score (nSPS) is 10.8. The van der Waals surface area contributed by atoms with E-state index in [0.717, 1.165) is 11.1 Å². The highest BCUT2D eigenvalue weighted by Crippen LogP contribution is 2.26. The van der Waals surface area contributed by atoms with Crippen molar-refractivity contribution in [1.82, 2.24) is 9.97 Å². The van der Waals surface area contributed by atoms with Gasteiger partial charge in [0.1, 0.15) is 11.6 Å². The van der Waals surface area contributed by atoms with Crippen LogP contribution >= 0.6 is 11.3 Å². The molecule has 0 aliphatic carbocycles. The molecule has 0 bridgehead atoms. The van der Waals surface area contributed by atoms with Gasteiger partial charge in [0.05, 0.1) is 5.52 Å². The summed E-state index contributed by atoms with van der Waals surface area (Å²) in [6.45, 7) is 0. The van der Waals surface area contributed by atoms with Gasteiger partial charge >= 0.3 is 0 Å². The van der Waals surface area contributed by atoms with Crippen molar-refractivity contribution in [2.45, 2.75) is 0 Å². The summed E-state index contributed by atoms with van der Waals surface area (Å²) in [6.07, 6.45) is 0. The summed E-state index contributed by atoms with van der Waals surface area (Å²) in [5, 5.41) is 7.65. The van der Waals surface area contributed by atoms with E-state index in [-0.39, 0.29) is 5.82 Å². The van der Waals surface area contributed by atoms with Crippen molar-refractivity contribution < 1.29 is 4.39 Å². The van der Waals surface area contributed by atoms with Gasteiger partial charge < -0.3 is 5.32 Å². The summed E-state index contributed by atoms with van der Waals surface area (Å²) < 4.78 is 13.2. The minimum Gasteiger partial charge on any atom is -0.373 e. The Labute approximate surface area is 107 Å². The molecule has 0 saturated heterocycles. The maximum atomic E-state index is 13.2. The first-order chi connectivity index (χ1) is 8.78. The predicted molar refractivity (Wildman–Crippen MR) is 72.4 cm³/mol. The maximum absolute atomic E-state index is 13.2. The summed E-state index contributed by atoms with van der Waals surface area (Å²) >= 11 is 1.60. The van der Waals surface area contributed by atoms with Crippen LogP contribution in [0.1, 0.15) is 0 Å². The van der Waals surface area contributed by atoms with Gasteiger partial charge in [0.25, 0.3) is 0 Å². The van der Waals surface area contributed by atoms with Crippen molar-refractivity contribution in [3.05, 3.63) is 40.8 Å². The molecule has 0 aliphatic rings. The zero-order valence-electron chi connectivity index (χ0n) is 9.64. The van der Waals surface area contributed by atoms with Crippen LogP contribution in [0.4, 0.5) is 10.2 Å². The largest absolute Gasteiger partial charge is 0.373 e. The molecule has 0 aliphatic heterocycles. The van der Waals surface area contributed by atoms with Crippen molar-refractivity contribution in [2.75, 3.05) is 12.4 Å². The van der Waals surface area contributed by atoms with E-state index < -0.39 is 0 Å². The predicted octanol–water partition coefficient (Wildman–Crippen LogP) is 3.54. The fourth-order valence-electron chi connectivity index (χ4n) is 1.81. The number of hydrogen-bond donors (Lipinski definition) is 1. The fourth-order valence-corrected chi connectivity index (χ4v) is 2.45. The standard InChI is InChI=1S/C13H10FN3S/c1-15-13-10-6-9(14)2-3-11(10)16-12(17-13)8-4-5-18-7-8/h2-7H,1H3,(H,15,16,17). The molecule has 18 heavy (non-hydrogen) atoms. The van der Waals surface area contributed by atoms with Crippen molar-refractivity contribution >= 4 is 28.1 Å². The third kappa shape index (κ3) is 1.82. The van der Waals surface area contributed by atoms with Gasteiger partial charge in [-0.05, 0) is 29.6 Å². The van der Waals surface area contributed by atoms with Gasteiger partial charge in [0, 0.05) is 23.4 Å². The highest BCUT2D eigenvalue weighted by atomic mass is 32.1. The third-order valence-electron chi connectivity index (χ3n) is 2.67. The Balaban J connectivity index is 2.28.